The summed E-state index contributed by atoms with van der Waals surface area (Å²) in [5, 5.41) is 2.60. The van der Waals surface area contributed by atoms with Crippen molar-refractivity contribution in [1.29, 1.82) is 0 Å². The van der Waals surface area contributed by atoms with E-state index in [4.69, 9.17) is 14.2 Å². The van der Waals surface area contributed by atoms with Crippen LogP contribution in [-0.2, 0) is 0 Å². The Morgan fingerprint density at radius 1 is 0.903 bits per heavy atom. The number of benzene rings is 2. The second-order valence-corrected chi connectivity index (χ2v) is 7.94. The predicted molar refractivity (Wildman–Crippen MR) is 122 cm³/mol. The smallest absolute Gasteiger partial charge is 0.273 e. The van der Waals surface area contributed by atoms with E-state index in [1.807, 2.05) is 52.7 Å². The molecule has 31 heavy (non-hydrogen) atoms. The van der Waals surface area contributed by atoms with Crippen LogP contribution in [0.5, 0.6) is 17.2 Å². The summed E-state index contributed by atoms with van der Waals surface area (Å²) in [4.78, 5) is 21.7. The normalized spacial score (nSPS) is 13.8. The Balaban J connectivity index is 1.41. The Hall–Kier alpha value is -3.26. The van der Waals surface area contributed by atoms with E-state index < -0.39 is 0 Å². The van der Waals surface area contributed by atoms with E-state index in [9.17, 15) is 4.79 Å². The Bertz CT molecular complexity index is 1040. The summed E-state index contributed by atoms with van der Waals surface area (Å²) in [5.74, 6) is 2.11. The number of carbonyl (C=O) groups excluding carboxylic acids is 1. The Morgan fingerprint density at radius 3 is 2.26 bits per heavy atom. The van der Waals surface area contributed by atoms with Gasteiger partial charge in [0.2, 0.25) is 0 Å². The van der Waals surface area contributed by atoms with Crippen LogP contribution in [0.3, 0.4) is 0 Å². The zero-order valence-corrected chi connectivity index (χ0v) is 18.6. The molecule has 0 bridgehead atoms. The monoisotopic (exact) mass is 439 g/mol. The van der Waals surface area contributed by atoms with Crippen molar-refractivity contribution in [2.45, 2.75) is 0 Å². The highest BCUT2D eigenvalue weighted by Crippen LogP contribution is 2.33. The highest BCUT2D eigenvalue weighted by Gasteiger charge is 2.24. The van der Waals surface area contributed by atoms with Crippen molar-refractivity contribution in [2.75, 3.05) is 52.4 Å². The fourth-order valence-corrected chi connectivity index (χ4v) is 4.39. The summed E-state index contributed by atoms with van der Waals surface area (Å²) >= 11 is 1.45. The van der Waals surface area contributed by atoms with E-state index >= 15 is 0 Å². The molecule has 0 unspecified atom stereocenters. The lowest BCUT2D eigenvalue weighted by atomic mass is 10.2. The minimum Gasteiger partial charge on any atom is -0.497 e. The molecule has 1 saturated heterocycles. The van der Waals surface area contributed by atoms with Gasteiger partial charge in [0.15, 0.2) is 11.5 Å². The van der Waals surface area contributed by atoms with Crippen molar-refractivity contribution in [2.24, 2.45) is 0 Å². The second-order valence-electron chi connectivity index (χ2n) is 7.08. The van der Waals surface area contributed by atoms with E-state index in [1.165, 1.54) is 11.3 Å². The highest BCUT2D eigenvalue weighted by molar-refractivity contribution is 7.13. The van der Waals surface area contributed by atoms with Gasteiger partial charge in [0.25, 0.3) is 5.91 Å². The van der Waals surface area contributed by atoms with Crippen LogP contribution in [0.2, 0.25) is 0 Å². The van der Waals surface area contributed by atoms with Gasteiger partial charge in [-0.05, 0) is 42.5 Å². The number of thiazole rings is 1. The minimum absolute atomic E-state index is 0.0302. The number of hydrogen-bond donors (Lipinski definition) is 0. The molecule has 4 rings (SSSR count). The molecule has 1 aromatic heterocycles. The van der Waals surface area contributed by atoms with Gasteiger partial charge in [0, 0.05) is 42.8 Å². The molecule has 8 heteroatoms. The zero-order valence-electron chi connectivity index (χ0n) is 17.8. The lowest BCUT2D eigenvalue weighted by molar-refractivity contribution is 0.0742. The van der Waals surface area contributed by atoms with Crippen LogP contribution < -0.4 is 19.1 Å². The fraction of sp³-hybridized carbons (Fsp3) is 0.304. The highest BCUT2D eigenvalue weighted by atomic mass is 32.1. The van der Waals surface area contributed by atoms with Gasteiger partial charge in [0.1, 0.15) is 16.5 Å². The molecule has 0 radical (unpaired) electrons. The van der Waals surface area contributed by atoms with Crippen molar-refractivity contribution < 1.29 is 19.0 Å². The molecule has 162 valence electrons. The molecule has 2 aromatic carbocycles. The molecule has 3 aromatic rings. The number of piperazine rings is 1. The first-order valence-corrected chi connectivity index (χ1v) is 10.9. The predicted octanol–water partition coefficient (Wildman–Crippen LogP) is 3.80. The molecule has 0 spiro atoms. The average molecular weight is 440 g/mol. The van der Waals surface area contributed by atoms with Gasteiger partial charge >= 0.3 is 0 Å². The van der Waals surface area contributed by atoms with Gasteiger partial charge in [0.05, 0.1) is 21.3 Å². The first-order chi connectivity index (χ1) is 15.1. The summed E-state index contributed by atoms with van der Waals surface area (Å²) in [6.45, 7) is 2.89. The molecule has 1 aliphatic heterocycles. The third-order valence-corrected chi connectivity index (χ3v) is 6.25. The Kier molecular flexibility index (Phi) is 6.27. The first kappa shape index (κ1) is 21.0. The van der Waals surface area contributed by atoms with Crippen molar-refractivity contribution in [3.63, 3.8) is 0 Å². The molecule has 1 fully saturated rings. The number of amides is 1. The number of methoxy groups -OCH3 is 3. The summed E-state index contributed by atoms with van der Waals surface area (Å²) < 4.78 is 15.9. The lowest BCUT2D eigenvalue weighted by Crippen LogP contribution is -2.48. The molecule has 0 saturated carbocycles. The van der Waals surface area contributed by atoms with Crippen molar-refractivity contribution in [1.82, 2.24) is 9.88 Å². The number of rotatable bonds is 6. The van der Waals surface area contributed by atoms with Crippen LogP contribution >= 0.6 is 11.3 Å². The Morgan fingerprint density at radius 2 is 1.61 bits per heavy atom. The molecule has 0 atom stereocenters. The SMILES string of the molecule is COc1ccc(N2CCN(C(=O)c3csc(-c4ccc(OC)c(OC)c4)n3)CC2)cc1. The van der Waals surface area contributed by atoms with Crippen LogP contribution in [0.4, 0.5) is 5.69 Å². The number of hydrogen-bond acceptors (Lipinski definition) is 7. The third kappa shape index (κ3) is 4.44. The van der Waals surface area contributed by atoms with Gasteiger partial charge in [-0.1, -0.05) is 0 Å². The van der Waals surface area contributed by atoms with E-state index in [1.54, 1.807) is 21.3 Å². The van der Waals surface area contributed by atoms with Crippen LogP contribution in [0.1, 0.15) is 10.5 Å². The fourth-order valence-electron chi connectivity index (χ4n) is 3.60. The summed E-state index contributed by atoms with van der Waals surface area (Å²) in [6.07, 6.45) is 0. The molecular formula is C23H25N3O4S. The molecule has 1 amide bonds. The maximum atomic E-state index is 13.0. The third-order valence-electron chi connectivity index (χ3n) is 5.36. The molecule has 2 heterocycles. The van der Waals surface area contributed by atoms with Gasteiger partial charge in [-0.2, -0.15) is 0 Å². The van der Waals surface area contributed by atoms with Crippen LogP contribution in [0.25, 0.3) is 10.6 Å². The van der Waals surface area contributed by atoms with Crippen molar-refractivity contribution in [3.8, 4) is 27.8 Å². The number of carbonyl (C=O) groups is 1. The first-order valence-electron chi connectivity index (χ1n) is 9.99. The van der Waals surface area contributed by atoms with Crippen molar-refractivity contribution in [3.05, 3.63) is 53.5 Å². The van der Waals surface area contributed by atoms with Crippen LogP contribution in [-0.4, -0.2) is 63.3 Å². The van der Waals surface area contributed by atoms with Gasteiger partial charge in [-0.15, -0.1) is 11.3 Å². The van der Waals surface area contributed by atoms with Crippen LogP contribution in [0, 0.1) is 0 Å². The second kappa shape index (κ2) is 9.26. The number of nitrogens with zero attached hydrogens (tertiary/aromatic N) is 3. The number of ether oxygens (including phenoxy) is 3. The molecule has 1 aliphatic rings. The largest absolute Gasteiger partial charge is 0.497 e. The standard InChI is InChI=1S/C23H25N3O4S/c1-28-18-7-5-17(6-8-18)25-10-12-26(13-11-25)23(27)19-15-31-22(24-19)16-4-9-20(29-2)21(14-16)30-3/h4-9,14-15H,10-13H2,1-3H3. The van der Waals surface area contributed by atoms with E-state index in [2.05, 4.69) is 9.88 Å². The molecule has 0 aliphatic carbocycles. The maximum absolute atomic E-state index is 13.0. The number of anilines is 1. The quantitative estimate of drug-likeness (QED) is 0.582. The Labute approximate surface area is 185 Å². The summed E-state index contributed by atoms with van der Waals surface area (Å²) in [7, 11) is 4.87. The van der Waals surface area contributed by atoms with Crippen molar-refractivity contribution >= 4 is 22.9 Å². The van der Waals surface area contributed by atoms with Gasteiger partial charge < -0.3 is 24.0 Å². The number of aromatic nitrogens is 1. The van der Waals surface area contributed by atoms with Gasteiger partial charge in [-0.3, -0.25) is 4.79 Å². The zero-order chi connectivity index (χ0) is 21.8. The molecule has 7 nitrogen and oxygen atoms in total. The topological polar surface area (TPSA) is 64.1 Å². The summed E-state index contributed by atoms with van der Waals surface area (Å²) in [6, 6.07) is 13.6. The molecule has 0 N–H and O–H groups in total. The van der Waals surface area contributed by atoms with E-state index in [0.29, 0.717) is 30.3 Å². The summed E-state index contributed by atoms with van der Waals surface area (Å²) in [5.41, 5.74) is 2.51. The molecular weight excluding hydrogens is 414 g/mol. The maximum Gasteiger partial charge on any atom is 0.273 e. The lowest BCUT2D eigenvalue weighted by Gasteiger charge is -2.35. The minimum atomic E-state index is -0.0302. The van der Waals surface area contributed by atoms with Gasteiger partial charge in [-0.25, -0.2) is 4.98 Å². The average Bonchev–Trinajstić information content (AvgIpc) is 3.33. The van der Waals surface area contributed by atoms with Crippen LogP contribution in [0.15, 0.2) is 47.8 Å². The van der Waals surface area contributed by atoms with E-state index in [-0.39, 0.29) is 5.91 Å². The van der Waals surface area contributed by atoms with E-state index in [0.717, 1.165) is 35.1 Å².